The van der Waals surface area contributed by atoms with Crippen molar-refractivity contribution in [2.24, 2.45) is 0 Å². The van der Waals surface area contributed by atoms with Crippen LogP contribution in [-0.2, 0) is 0 Å². The first-order valence-corrected chi connectivity index (χ1v) is 6.47. The third-order valence-corrected chi connectivity index (χ3v) is 3.52. The Bertz CT molecular complexity index is 568. The summed E-state index contributed by atoms with van der Waals surface area (Å²) in [5.74, 6) is 0.180. The minimum Gasteiger partial charge on any atom is -0.307 e. The molecule has 1 aliphatic rings. The maximum absolute atomic E-state index is 12.5. The first-order valence-electron chi connectivity index (χ1n) is 6.47. The molecule has 1 unspecified atom stereocenters. The van der Waals surface area contributed by atoms with Crippen molar-refractivity contribution in [2.45, 2.75) is 25.3 Å². The first kappa shape index (κ1) is 11.4. The molecule has 0 aliphatic carbocycles. The van der Waals surface area contributed by atoms with Gasteiger partial charge in [0.1, 0.15) is 0 Å². The zero-order chi connectivity index (χ0) is 12.4. The summed E-state index contributed by atoms with van der Waals surface area (Å²) in [6, 6.07) is 9.66. The van der Waals surface area contributed by atoms with E-state index in [-0.39, 0.29) is 11.8 Å². The van der Waals surface area contributed by atoms with Crippen LogP contribution in [0.15, 0.2) is 36.5 Å². The number of nitrogens with zero attached hydrogens (tertiary/aromatic N) is 1. The molecule has 1 atom stereocenters. The Labute approximate surface area is 106 Å². The van der Waals surface area contributed by atoms with Crippen LogP contribution in [-0.4, -0.2) is 23.4 Å². The summed E-state index contributed by atoms with van der Waals surface area (Å²) in [6.07, 6.45) is 4.97. The topological polar surface area (TPSA) is 42.0 Å². The second kappa shape index (κ2) is 4.86. The molecule has 1 aromatic heterocycles. The Morgan fingerprint density at radius 1 is 1.22 bits per heavy atom. The number of hydrogen-bond donors (Lipinski definition) is 1. The lowest BCUT2D eigenvalue weighted by Gasteiger charge is -2.22. The van der Waals surface area contributed by atoms with E-state index in [2.05, 4.69) is 10.3 Å². The van der Waals surface area contributed by atoms with Gasteiger partial charge in [-0.3, -0.25) is 9.78 Å². The van der Waals surface area contributed by atoms with Crippen molar-refractivity contribution in [3.05, 3.63) is 42.1 Å². The van der Waals surface area contributed by atoms with Crippen LogP contribution in [0.3, 0.4) is 0 Å². The van der Waals surface area contributed by atoms with E-state index in [1.807, 2.05) is 30.3 Å². The number of carbonyl (C=O) groups is 1. The van der Waals surface area contributed by atoms with E-state index in [0.29, 0.717) is 0 Å². The number of piperidine rings is 1. The van der Waals surface area contributed by atoms with E-state index < -0.39 is 0 Å². The zero-order valence-electron chi connectivity index (χ0n) is 10.2. The minimum absolute atomic E-state index is 0.0358. The van der Waals surface area contributed by atoms with Crippen molar-refractivity contribution >= 4 is 16.7 Å². The van der Waals surface area contributed by atoms with Crippen LogP contribution in [0.1, 0.15) is 29.6 Å². The van der Waals surface area contributed by atoms with Crippen LogP contribution >= 0.6 is 0 Å². The highest BCUT2D eigenvalue weighted by Gasteiger charge is 2.23. The molecule has 1 saturated heterocycles. The molecule has 2 heterocycles. The predicted octanol–water partition coefficient (Wildman–Crippen LogP) is 2.56. The number of fused-ring (bicyclic) bond motifs is 1. The molecular weight excluding hydrogens is 224 g/mol. The average molecular weight is 240 g/mol. The van der Waals surface area contributed by atoms with Gasteiger partial charge in [-0.05, 0) is 31.5 Å². The van der Waals surface area contributed by atoms with Gasteiger partial charge >= 0.3 is 0 Å². The summed E-state index contributed by atoms with van der Waals surface area (Å²) < 4.78 is 0. The molecule has 3 heteroatoms. The summed E-state index contributed by atoms with van der Waals surface area (Å²) in [5.41, 5.74) is 1.56. The normalized spacial score (nSPS) is 19.9. The van der Waals surface area contributed by atoms with Crippen LogP contribution in [0.5, 0.6) is 0 Å². The summed E-state index contributed by atoms with van der Waals surface area (Å²) in [4.78, 5) is 16.9. The van der Waals surface area contributed by atoms with Gasteiger partial charge in [0.2, 0.25) is 0 Å². The van der Waals surface area contributed by atoms with Gasteiger partial charge in [0, 0.05) is 17.1 Å². The van der Waals surface area contributed by atoms with E-state index in [0.717, 1.165) is 42.3 Å². The van der Waals surface area contributed by atoms with Gasteiger partial charge < -0.3 is 5.32 Å². The average Bonchev–Trinajstić information content (AvgIpc) is 2.47. The fraction of sp³-hybridized carbons (Fsp3) is 0.333. The number of para-hydroxylation sites is 1. The predicted molar refractivity (Wildman–Crippen MR) is 71.7 cm³/mol. The number of ketones is 1. The Morgan fingerprint density at radius 3 is 2.94 bits per heavy atom. The molecule has 0 amide bonds. The fourth-order valence-electron chi connectivity index (χ4n) is 2.57. The molecule has 18 heavy (non-hydrogen) atoms. The molecule has 1 N–H and O–H groups in total. The van der Waals surface area contributed by atoms with Crippen LogP contribution in [0.4, 0.5) is 0 Å². The molecule has 0 spiro atoms. The monoisotopic (exact) mass is 240 g/mol. The Kier molecular flexibility index (Phi) is 3.07. The maximum atomic E-state index is 12.5. The number of benzene rings is 1. The second-order valence-corrected chi connectivity index (χ2v) is 4.75. The summed E-state index contributed by atoms with van der Waals surface area (Å²) in [7, 11) is 0. The zero-order valence-corrected chi connectivity index (χ0v) is 10.2. The highest BCUT2D eigenvalue weighted by Crippen LogP contribution is 2.20. The quantitative estimate of drug-likeness (QED) is 0.820. The van der Waals surface area contributed by atoms with Gasteiger partial charge in [-0.25, -0.2) is 0 Å². The fourth-order valence-corrected chi connectivity index (χ4v) is 2.57. The third-order valence-electron chi connectivity index (χ3n) is 3.52. The number of carbonyl (C=O) groups excluding carboxylic acids is 1. The lowest BCUT2D eigenvalue weighted by molar-refractivity contribution is 0.0928. The molecule has 1 aliphatic heterocycles. The van der Waals surface area contributed by atoms with Crippen LogP contribution < -0.4 is 5.32 Å². The van der Waals surface area contributed by atoms with E-state index >= 15 is 0 Å². The van der Waals surface area contributed by atoms with Crippen molar-refractivity contribution in [1.82, 2.24) is 10.3 Å². The number of pyridine rings is 1. The number of Topliss-reactive ketones (excluding diaryl/α,β-unsaturated/α-hetero) is 1. The molecule has 0 bridgehead atoms. The molecule has 0 radical (unpaired) electrons. The summed E-state index contributed by atoms with van der Waals surface area (Å²) in [6.45, 7) is 0.939. The van der Waals surface area contributed by atoms with Gasteiger partial charge in [-0.1, -0.05) is 24.6 Å². The molecule has 2 aromatic rings. The smallest absolute Gasteiger partial charge is 0.181 e. The molecule has 1 fully saturated rings. The first-order chi connectivity index (χ1) is 8.86. The minimum atomic E-state index is -0.0358. The summed E-state index contributed by atoms with van der Waals surface area (Å²) >= 11 is 0. The molecule has 3 rings (SSSR count). The lowest BCUT2D eigenvalue weighted by atomic mass is 9.95. The number of rotatable bonds is 2. The van der Waals surface area contributed by atoms with Crippen molar-refractivity contribution < 1.29 is 4.79 Å². The van der Waals surface area contributed by atoms with E-state index in [1.54, 1.807) is 6.20 Å². The lowest BCUT2D eigenvalue weighted by Crippen LogP contribution is -2.40. The van der Waals surface area contributed by atoms with Gasteiger partial charge in [0.05, 0.1) is 11.6 Å². The molecule has 0 saturated carbocycles. The molecule has 1 aromatic carbocycles. The highest BCUT2D eigenvalue weighted by molar-refractivity contribution is 6.09. The summed E-state index contributed by atoms with van der Waals surface area (Å²) in [5, 5.41) is 4.33. The second-order valence-electron chi connectivity index (χ2n) is 4.75. The number of hydrogen-bond acceptors (Lipinski definition) is 3. The van der Waals surface area contributed by atoms with Crippen LogP contribution in [0.25, 0.3) is 10.9 Å². The van der Waals surface area contributed by atoms with Crippen LogP contribution in [0, 0.1) is 0 Å². The van der Waals surface area contributed by atoms with Crippen molar-refractivity contribution in [1.29, 1.82) is 0 Å². The maximum Gasteiger partial charge on any atom is 0.181 e. The van der Waals surface area contributed by atoms with Gasteiger partial charge in [0.25, 0.3) is 0 Å². The van der Waals surface area contributed by atoms with Gasteiger partial charge in [0.15, 0.2) is 5.78 Å². The van der Waals surface area contributed by atoms with Gasteiger partial charge in [-0.15, -0.1) is 0 Å². The van der Waals surface area contributed by atoms with E-state index in [4.69, 9.17) is 0 Å². The number of nitrogens with one attached hydrogen (secondary N) is 1. The number of aromatic nitrogens is 1. The standard InChI is InChI=1S/C15H16N2O/c18-15(13-8-1-2-9-16-13)12-7-3-5-11-6-4-10-17-14(11)12/h3-7,10,13,16H,1-2,8-9H2. The third kappa shape index (κ3) is 2.02. The molecule has 3 nitrogen and oxygen atoms in total. The largest absolute Gasteiger partial charge is 0.307 e. The molecular formula is C15H16N2O. The van der Waals surface area contributed by atoms with Gasteiger partial charge in [-0.2, -0.15) is 0 Å². The van der Waals surface area contributed by atoms with Crippen molar-refractivity contribution in [3.8, 4) is 0 Å². The van der Waals surface area contributed by atoms with E-state index in [1.165, 1.54) is 0 Å². The molecule has 92 valence electrons. The Morgan fingerprint density at radius 2 is 2.11 bits per heavy atom. The van der Waals surface area contributed by atoms with Crippen molar-refractivity contribution in [2.75, 3.05) is 6.54 Å². The SMILES string of the molecule is O=C(c1cccc2cccnc12)C1CCCCN1. The van der Waals surface area contributed by atoms with Crippen molar-refractivity contribution in [3.63, 3.8) is 0 Å². The Hall–Kier alpha value is -1.74. The Balaban J connectivity index is 2.00. The van der Waals surface area contributed by atoms with E-state index in [9.17, 15) is 4.79 Å². The van der Waals surface area contributed by atoms with Crippen LogP contribution in [0.2, 0.25) is 0 Å². The highest BCUT2D eigenvalue weighted by atomic mass is 16.1.